The normalized spacial score (nSPS) is 25.2. The molecule has 2 amide bonds. The van der Waals surface area contributed by atoms with E-state index in [1.54, 1.807) is 0 Å². The van der Waals surface area contributed by atoms with E-state index in [1.165, 1.54) is 44.9 Å². The third-order valence-corrected chi connectivity index (χ3v) is 4.83. The SMILES string of the molecule is CCO[C@@H]1CCCN(C(=O)NCC2CCCCCCC2)C1. The van der Waals surface area contributed by atoms with Crippen LogP contribution in [0.25, 0.3) is 0 Å². The number of piperidine rings is 1. The number of nitrogens with zero attached hydrogens (tertiary/aromatic N) is 1. The number of carbonyl (C=O) groups excluding carboxylic acids is 1. The van der Waals surface area contributed by atoms with Crippen molar-refractivity contribution in [1.29, 1.82) is 0 Å². The molecular weight excluding hydrogens is 264 g/mol. The van der Waals surface area contributed by atoms with Gasteiger partial charge in [-0.25, -0.2) is 4.79 Å². The lowest BCUT2D eigenvalue weighted by Gasteiger charge is -2.33. The number of carbonyl (C=O) groups is 1. The number of nitrogens with one attached hydrogen (secondary N) is 1. The molecular formula is C17H32N2O2. The molecule has 0 unspecified atom stereocenters. The molecule has 4 heteroatoms. The molecule has 0 bridgehead atoms. The van der Waals surface area contributed by atoms with E-state index in [0.29, 0.717) is 5.92 Å². The smallest absolute Gasteiger partial charge is 0.317 e. The molecule has 1 aliphatic carbocycles. The van der Waals surface area contributed by atoms with E-state index >= 15 is 0 Å². The fourth-order valence-corrected chi connectivity index (χ4v) is 3.58. The summed E-state index contributed by atoms with van der Waals surface area (Å²) in [6.07, 6.45) is 11.7. The van der Waals surface area contributed by atoms with Crippen LogP contribution in [-0.2, 0) is 4.74 Å². The van der Waals surface area contributed by atoms with Crippen molar-refractivity contribution in [2.45, 2.75) is 70.8 Å². The topological polar surface area (TPSA) is 41.6 Å². The molecule has 1 atom stereocenters. The maximum absolute atomic E-state index is 12.3. The van der Waals surface area contributed by atoms with Gasteiger partial charge < -0.3 is 15.0 Å². The Kier molecular flexibility index (Phi) is 7.34. The first-order chi connectivity index (χ1) is 10.3. The lowest BCUT2D eigenvalue weighted by molar-refractivity contribution is 0.0163. The van der Waals surface area contributed by atoms with Crippen LogP contribution in [0.3, 0.4) is 0 Å². The second-order valence-electron chi connectivity index (χ2n) is 6.56. The van der Waals surface area contributed by atoms with Crippen molar-refractivity contribution in [2.75, 3.05) is 26.2 Å². The molecule has 0 spiro atoms. The molecule has 4 nitrogen and oxygen atoms in total. The Morgan fingerprint density at radius 1 is 1.10 bits per heavy atom. The van der Waals surface area contributed by atoms with Crippen molar-refractivity contribution >= 4 is 6.03 Å². The van der Waals surface area contributed by atoms with Gasteiger partial charge in [-0.15, -0.1) is 0 Å². The van der Waals surface area contributed by atoms with Gasteiger partial charge in [0.2, 0.25) is 0 Å². The van der Waals surface area contributed by atoms with E-state index in [9.17, 15) is 4.79 Å². The number of urea groups is 1. The van der Waals surface area contributed by atoms with Crippen molar-refractivity contribution in [3.8, 4) is 0 Å². The average Bonchev–Trinajstić information content (AvgIpc) is 2.46. The number of hydrogen-bond donors (Lipinski definition) is 1. The molecule has 0 aromatic heterocycles. The molecule has 1 saturated carbocycles. The molecule has 0 aromatic rings. The molecule has 21 heavy (non-hydrogen) atoms. The molecule has 1 N–H and O–H groups in total. The van der Waals surface area contributed by atoms with E-state index in [2.05, 4.69) is 5.32 Å². The molecule has 0 radical (unpaired) electrons. The van der Waals surface area contributed by atoms with Crippen LogP contribution in [0.2, 0.25) is 0 Å². The molecule has 1 saturated heterocycles. The Balaban J connectivity index is 1.70. The summed E-state index contributed by atoms with van der Waals surface area (Å²) in [4.78, 5) is 14.2. The van der Waals surface area contributed by atoms with E-state index in [1.807, 2.05) is 11.8 Å². The number of hydrogen-bond acceptors (Lipinski definition) is 2. The van der Waals surface area contributed by atoms with E-state index in [0.717, 1.165) is 39.1 Å². The highest BCUT2D eigenvalue weighted by atomic mass is 16.5. The first kappa shape index (κ1) is 16.6. The molecule has 0 aromatic carbocycles. The maximum Gasteiger partial charge on any atom is 0.317 e. The van der Waals surface area contributed by atoms with Crippen LogP contribution in [0.1, 0.15) is 64.7 Å². The molecule has 2 fully saturated rings. The Morgan fingerprint density at radius 2 is 1.81 bits per heavy atom. The van der Waals surface area contributed by atoms with Gasteiger partial charge in [-0.1, -0.05) is 32.1 Å². The number of amides is 2. The van der Waals surface area contributed by atoms with Crippen molar-refractivity contribution in [2.24, 2.45) is 5.92 Å². The minimum Gasteiger partial charge on any atom is -0.377 e. The van der Waals surface area contributed by atoms with Crippen LogP contribution in [0.5, 0.6) is 0 Å². The predicted molar refractivity (Wildman–Crippen MR) is 85.4 cm³/mol. The fourth-order valence-electron chi connectivity index (χ4n) is 3.58. The summed E-state index contributed by atoms with van der Waals surface area (Å²) in [6, 6.07) is 0.112. The third kappa shape index (κ3) is 5.85. The van der Waals surface area contributed by atoms with Gasteiger partial charge in [-0.05, 0) is 38.5 Å². The standard InChI is InChI=1S/C17H32N2O2/c1-2-21-16-11-8-12-19(14-16)17(20)18-13-15-9-6-4-3-5-7-10-15/h15-16H,2-14H2,1H3,(H,18,20)/t16-/m1/s1. The second kappa shape index (κ2) is 9.29. The molecule has 2 aliphatic rings. The van der Waals surface area contributed by atoms with Crippen LogP contribution in [0.15, 0.2) is 0 Å². The van der Waals surface area contributed by atoms with Gasteiger partial charge in [0.15, 0.2) is 0 Å². The number of likely N-dealkylation sites (tertiary alicyclic amines) is 1. The maximum atomic E-state index is 12.3. The van der Waals surface area contributed by atoms with Crippen LogP contribution in [0.4, 0.5) is 4.79 Å². The van der Waals surface area contributed by atoms with Crippen LogP contribution < -0.4 is 5.32 Å². The highest BCUT2D eigenvalue weighted by Crippen LogP contribution is 2.21. The Morgan fingerprint density at radius 3 is 2.52 bits per heavy atom. The zero-order valence-corrected chi connectivity index (χ0v) is 13.6. The second-order valence-corrected chi connectivity index (χ2v) is 6.56. The highest BCUT2D eigenvalue weighted by molar-refractivity contribution is 5.74. The quantitative estimate of drug-likeness (QED) is 0.862. The predicted octanol–water partition coefficient (Wildman–Crippen LogP) is 3.56. The van der Waals surface area contributed by atoms with E-state index in [-0.39, 0.29) is 12.1 Å². The Hall–Kier alpha value is -0.770. The van der Waals surface area contributed by atoms with Crippen molar-refractivity contribution < 1.29 is 9.53 Å². The first-order valence-electron chi connectivity index (χ1n) is 8.94. The third-order valence-electron chi connectivity index (χ3n) is 4.83. The Labute approximate surface area is 129 Å². The summed E-state index contributed by atoms with van der Waals surface area (Å²) >= 11 is 0. The number of ether oxygens (including phenoxy) is 1. The summed E-state index contributed by atoms with van der Waals surface area (Å²) in [6.45, 7) is 5.24. The largest absolute Gasteiger partial charge is 0.377 e. The van der Waals surface area contributed by atoms with Gasteiger partial charge in [-0.2, -0.15) is 0 Å². The monoisotopic (exact) mass is 296 g/mol. The minimum absolute atomic E-state index is 0.112. The summed E-state index contributed by atoms with van der Waals surface area (Å²) in [5.41, 5.74) is 0. The summed E-state index contributed by atoms with van der Waals surface area (Å²) in [5, 5.41) is 3.16. The highest BCUT2D eigenvalue weighted by Gasteiger charge is 2.24. The molecule has 1 aliphatic heterocycles. The van der Waals surface area contributed by atoms with Gasteiger partial charge in [-0.3, -0.25) is 0 Å². The minimum atomic E-state index is 0.112. The summed E-state index contributed by atoms with van der Waals surface area (Å²) < 4.78 is 5.67. The lowest BCUT2D eigenvalue weighted by atomic mass is 9.91. The summed E-state index contributed by atoms with van der Waals surface area (Å²) in [7, 11) is 0. The zero-order chi connectivity index (χ0) is 14.9. The molecule has 1 heterocycles. The van der Waals surface area contributed by atoms with Crippen molar-refractivity contribution in [3.05, 3.63) is 0 Å². The van der Waals surface area contributed by atoms with Gasteiger partial charge in [0, 0.05) is 26.2 Å². The van der Waals surface area contributed by atoms with Crippen molar-refractivity contribution in [3.63, 3.8) is 0 Å². The average molecular weight is 296 g/mol. The van der Waals surface area contributed by atoms with Gasteiger partial charge >= 0.3 is 6.03 Å². The number of rotatable bonds is 4. The fraction of sp³-hybridized carbons (Fsp3) is 0.941. The van der Waals surface area contributed by atoms with E-state index < -0.39 is 0 Å². The Bertz CT molecular complexity index is 299. The molecule has 2 rings (SSSR count). The summed E-state index contributed by atoms with van der Waals surface area (Å²) in [5.74, 6) is 0.682. The van der Waals surface area contributed by atoms with Crippen LogP contribution >= 0.6 is 0 Å². The van der Waals surface area contributed by atoms with E-state index in [4.69, 9.17) is 4.74 Å². The molecule has 122 valence electrons. The van der Waals surface area contributed by atoms with Gasteiger partial charge in [0.25, 0.3) is 0 Å². The van der Waals surface area contributed by atoms with Crippen LogP contribution in [0, 0.1) is 5.92 Å². The van der Waals surface area contributed by atoms with Crippen LogP contribution in [-0.4, -0.2) is 43.3 Å². The van der Waals surface area contributed by atoms with Gasteiger partial charge in [0.1, 0.15) is 0 Å². The lowest BCUT2D eigenvalue weighted by Crippen LogP contribution is -2.48. The van der Waals surface area contributed by atoms with Crippen molar-refractivity contribution in [1.82, 2.24) is 10.2 Å². The first-order valence-corrected chi connectivity index (χ1v) is 8.94. The zero-order valence-electron chi connectivity index (χ0n) is 13.6. The van der Waals surface area contributed by atoms with Gasteiger partial charge in [0.05, 0.1) is 6.10 Å².